The van der Waals surface area contributed by atoms with E-state index in [9.17, 15) is 14.7 Å². The molecule has 140 valence electrons. The first kappa shape index (κ1) is 18.8. The first-order chi connectivity index (χ1) is 13.0. The molecular weight excluding hydrogens is 344 g/mol. The van der Waals surface area contributed by atoms with Crippen LogP contribution in [0.4, 0.5) is 0 Å². The van der Waals surface area contributed by atoms with E-state index in [4.69, 9.17) is 4.74 Å². The van der Waals surface area contributed by atoms with Crippen LogP contribution in [0.5, 0.6) is 0 Å². The van der Waals surface area contributed by atoms with E-state index < -0.39 is 17.7 Å². The normalized spacial score (nSPS) is 18.9. The second-order valence-corrected chi connectivity index (χ2v) is 6.59. The highest BCUT2D eigenvalue weighted by atomic mass is 16.5. The number of nitrogens with zero attached hydrogens (tertiary/aromatic N) is 2. The lowest BCUT2D eigenvalue weighted by Crippen LogP contribution is -2.32. The van der Waals surface area contributed by atoms with Gasteiger partial charge in [0.2, 0.25) is 0 Å². The minimum absolute atomic E-state index is 0.0813. The summed E-state index contributed by atoms with van der Waals surface area (Å²) in [4.78, 5) is 31.0. The number of aromatic nitrogens is 1. The molecule has 0 unspecified atom stereocenters. The summed E-state index contributed by atoms with van der Waals surface area (Å²) in [5.74, 6) is -1.51. The molecule has 1 N–H and O–H groups in total. The third-order valence-corrected chi connectivity index (χ3v) is 4.72. The van der Waals surface area contributed by atoms with E-state index in [1.807, 2.05) is 32.0 Å². The Bertz CT molecular complexity index is 906. The number of ether oxygens (including phenoxy) is 1. The molecule has 0 aliphatic carbocycles. The number of benzene rings is 1. The second-order valence-electron chi connectivity index (χ2n) is 6.59. The van der Waals surface area contributed by atoms with Gasteiger partial charge in [-0.25, -0.2) is 0 Å². The number of hydrogen-bond donors (Lipinski definition) is 1. The van der Waals surface area contributed by atoms with E-state index in [1.54, 1.807) is 24.5 Å². The van der Waals surface area contributed by atoms with Crippen LogP contribution < -0.4 is 0 Å². The lowest BCUT2D eigenvalue weighted by molar-refractivity contribution is -0.140. The zero-order chi connectivity index (χ0) is 19.6. The zero-order valence-electron chi connectivity index (χ0n) is 15.6. The molecule has 3 rings (SSSR count). The van der Waals surface area contributed by atoms with Gasteiger partial charge in [-0.15, -0.1) is 0 Å². The van der Waals surface area contributed by atoms with Crippen molar-refractivity contribution in [2.24, 2.45) is 0 Å². The molecule has 1 atom stereocenters. The van der Waals surface area contributed by atoms with Gasteiger partial charge in [-0.1, -0.05) is 23.8 Å². The van der Waals surface area contributed by atoms with Crippen molar-refractivity contribution in [3.63, 3.8) is 0 Å². The molecule has 0 radical (unpaired) electrons. The summed E-state index contributed by atoms with van der Waals surface area (Å²) < 4.78 is 5.09. The summed E-state index contributed by atoms with van der Waals surface area (Å²) in [7, 11) is 1.53. The van der Waals surface area contributed by atoms with Gasteiger partial charge in [-0.3, -0.25) is 14.6 Å². The number of aliphatic hydroxyl groups excluding tert-OH is 1. The lowest BCUT2D eigenvalue weighted by atomic mass is 9.94. The van der Waals surface area contributed by atoms with E-state index in [2.05, 4.69) is 4.98 Å². The largest absolute Gasteiger partial charge is 0.507 e. The minimum atomic E-state index is -0.700. The zero-order valence-corrected chi connectivity index (χ0v) is 15.6. The lowest BCUT2D eigenvalue weighted by Gasteiger charge is -2.24. The van der Waals surface area contributed by atoms with Gasteiger partial charge in [0, 0.05) is 31.6 Å². The van der Waals surface area contributed by atoms with Crippen LogP contribution in [-0.4, -0.2) is 46.9 Å². The highest BCUT2D eigenvalue weighted by molar-refractivity contribution is 6.46. The number of amides is 1. The van der Waals surface area contributed by atoms with Gasteiger partial charge < -0.3 is 14.7 Å². The van der Waals surface area contributed by atoms with Crippen molar-refractivity contribution in [1.82, 2.24) is 9.88 Å². The van der Waals surface area contributed by atoms with E-state index in [0.717, 1.165) is 11.1 Å². The summed E-state index contributed by atoms with van der Waals surface area (Å²) in [5.41, 5.74) is 3.07. The fourth-order valence-electron chi connectivity index (χ4n) is 3.32. The van der Waals surface area contributed by atoms with Gasteiger partial charge in [0.1, 0.15) is 5.76 Å². The Morgan fingerprint density at radius 1 is 1.26 bits per heavy atom. The molecule has 6 heteroatoms. The van der Waals surface area contributed by atoms with Crippen molar-refractivity contribution in [3.8, 4) is 0 Å². The van der Waals surface area contributed by atoms with Crippen LogP contribution in [0.15, 0.2) is 48.3 Å². The molecule has 2 aromatic rings. The number of carbonyl (C=O) groups excluding carboxylic acids is 2. The topological polar surface area (TPSA) is 79.7 Å². The molecule has 1 aromatic heterocycles. The third-order valence-electron chi connectivity index (χ3n) is 4.72. The van der Waals surface area contributed by atoms with Gasteiger partial charge in [-0.2, -0.15) is 0 Å². The number of carbonyl (C=O) groups is 2. The quantitative estimate of drug-likeness (QED) is 0.500. The van der Waals surface area contributed by atoms with Crippen molar-refractivity contribution in [1.29, 1.82) is 0 Å². The number of rotatable bonds is 5. The first-order valence-corrected chi connectivity index (χ1v) is 8.70. The maximum atomic E-state index is 12.8. The molecule has 0 bridgehead atoms. The average molecular weight is 366 g/mol. The van der Waals surface area contributed by atoms with Crippen molar-refractivity contribution in [2.45, 2.75) is 19.9 Å². The molecule has 1 aliphatic rings. The number of methoxy groups -OCH3 is 1. The van der Waals surface area contributed by atoms with Crippen LogP contribution in [0.2, 0.25) is 0 Å². The third kappa shape index (κ3) is 3.48. The summed E-state index contributed by atoms with van der Waals surface area (Å²) in [6, 6.07) is 8.46. The smallest absolute Gasteiger partial charge is 0.295 e. The predicted octanol–water partition coefficient (Wildman–Crippen LogP) is 2.77. The molecule has 1 aromatic carbocycles. The molecule has 6 nitrogen and oxygen atoms in total. The summed E-state index contributed by atoms with van der Waals surface area (Å²) >= 11 is 0. The maximum absolute atomic E-state index is 12.8. The Labute approximate surface area is 158 Å². The van der Waals surface area contributed by atoms with Crippen molar-refractivity contribution >= 4 is 17.4 Å². The fourth-order valence-corrected chi connectivity index (χ4v) is 3.32. The average Bonchev–Trinajstić information content (AvgIpc) is 2.93. The van der Waals surface area contributed by atoms with Crippen LogP contribution in [0.3, 0.4) is 0 Å². The van der Waals surface area contributed by atoms with Crippen LogP contribution in [0.25, 0.3) is 5.76 Å². The fraction of sp³-hybridized carbons (Fsp3) is 0.286. The van der Waals surface area contributed by atoms with Crippen molar-refractivity contribution in [3.05, 3.63) is 70.6 Å². The molecule has 27 heavy (non-hydrogen) atoms. The number of aliphatic hydroxyl groups is 1. The van der Waals surface area contributed by atoms with Crippen molar-refractivity contribution < 1.29 is 19.4 Å². The maximum Gasteiger partial charge on any atom is 0.295 e. The molecule has 1 saturated heterocycles. The molecule has 2 heterocycles. The SMILES string of the molecule is COCCN1C(=O)C(=O)C(=C(O)c2cc(C)ccc2C)[C@H]1c1cccnc1. The van der Waals surface area contributed by atoms with E-state index in [-0.39, 0.29) is 24.5 Å². The number of ketones is 1. The molecule has 0 spiro atoms. The number of pyridine rings is 1. The number of aryl methyl sites for hydroxylation is 2. The molecule has 1 aliphatic heterocycles. The molecule has 1 amide bonds. The monoisotopic (exact) mass is 366 g/mol. The van der Waals surface area contributed by atoms with Crippen molar-refractivity contribution in [2.75, 3.05) is 20.3 Å². The number of hydrogen-bond acceptors (Lipinski definition) is 5. The van der Waals surface area contributed by atoms with Crippen LogP contribution in [-0.2, 0) is 14.3 Å². The summed E-state index contributed by atoms with van der Waals surface area (Å²) in [6.07, 6.45) is 3.22. The second kappa shape index (κ2) is 7.72. The van der Waals surface area contributed by atoms with Gasteiger partial charge >= 0.3 is 0 Å². The highest BCUT2D eigenvalue weighted by Crippen LogP contribution is 2.39. The molecule has 1 fully saturated rings. The number of Topliss-reactive ketones (excluding diaryl/α,β-unsaturated/α-hetero) is 1. The molecular formula is C21H22N2O4. The Hall–Kier alpha value is -2.99. The van der Waals surface area contributed by atoms with Crippen LogP contribution >= 0.6 is 0 Å². The Kier molecular flexibility index (Phi) is 5.37. The minimum Gasteiger partial charge on any atom is -0.507 e. The summed E-state index contributed by atoms with van der Waals surface area (Å²) in [5, 5.41) is 11.0. The van der Waals surface area contributed by atoms with Crippen LogP contribution in [0, 0.1) is 13.8 Å². The van der Waals surface area contributed by atoms with E-state index in [1.165, 1.54) is 12.0 Å². The van der Waals surface area contributed by atoms with E-state index >= 15 is 0 Å². The van der Waals surface area contributed by atoms with Gasteiger partial charge in [0.25, 0.3) is 11.7 Å². The highest BCUT2D eigenvalue weighted by Gasteiger charge is 2.46. The first-order valence-electron chi connectivity index (χ1n) is 8.70. The predicted molar refractivity (Wildman–Crippen MR) is 101 cm³/mol. The standard InChI is InChI=1S/C21H22N2O4/c1-13-6-7-14(2)16(11-13)19(24)17-18(15-5-4-8-22-12-15)23(9-10-27-3)21(26)20(17)25/h4-8,11-12,18,24H,9-10H2,1-3H3/t18-/m1/s1. The Morgan fingerprint density at radius 2 is 2.04 bits per heavy atom. The number of likely N-dealkylation sites (tertiary alicyclic amines) is 1. The molecule has 0 saturated carbocycles. The van der Waals surface area contributed by atoms with Crippen LogP contribution in [0.1, 0.15) is 28.3 Å². The summed E-state index contributed by atoms with van der Waals surface area (Å²) in [6.45, 7) is 4.29. The Morgan fingerprint density at radius 3 is 2.70 bits per heavy atom. The van der Waals surface area contributed by atoms with Gasteiger partial charge in [0.05, 0.1) is 18.2 Å². The van der Waals surface area contributed by atoms with Gasteiger partial charge in [0.15, 0.2) is 0 Å². The van der Waals surface area contributed by atoms with E-state index in [0.29, 0.717) is 11.1 Å². The van der Waals surface area contributed by atoms with Gasteiger partial charge in [-0.05, 0) is 37.1 Å². The Balaban J connectivity index is 2.20.